The van der Waals surface area contributed by atoms with Crippen LogP contribution in [-0.2, 0) is 24.9 Å². The van der Waals surface area contributed by atoms with Crippen molar-refractivity contribution in [2.75, 3.05) is 0 Å². The first-order valence-electron chi connectivity index (χ1n) is 6.81. The van der Waals surface area contributed by atoms with Gasteiger partial charge in [-0.15, -0.1) is 0 Å². The molecule has 22 heavy (non-hydrogen) atoms. The van der Waals surface area contributed by atoms with Crippen LogP contribution in [-0.4, -0.2) is 30.4 Å². The molecule has 2 aromatic rings. The molecule has 9 heteroatoms. The molecule has 0 aliphatic carbocycles. The largest absolute Gasteiger partial charge is 0.352 e. The third-order valence-electron chi connectivity index (χ3n) is 3.32. The van der Waals surface area contributed by atoms with E-state index in [0.29, 0.717) is 24.5 Å². The van der Waals surface area contributed by atoms with Crippen LogP contribution in [0.4, 0.5) is 5.69 Å². The van der Waals surface area contributed by atoms with Crippen LogP contribution in [0, 0.1) is 24.0 Å². The zero-order valence-corrected chi connectivity index (χ0v) is 12.7. The summed E-state index contributed by atoms with van der Waals surface area (Å²) in [5.74, 6) is -0.140. The number of carbonyl (C=O) groups excluding carboxylic acids is 1. The normalized spacial score (nSPS) is 10.7. The second-order valence-corrected chi connectivity index (χ2v) is 5.05. The first-order chi connectivity index (χ1) is 10.4. The van der Waals surface area contributed by atoms with Crippen molar-refractivity contribution in [1.29, 1.82) is 0 Å². The number of hydrogen-bond acceptors (Lipinski definition) is 5. The van der Waals surface area contributed by atoms with E-state index in [1.807, 2.05) is 6.20 Å². The zero-order chi connectivity index (χ0) is 16.3. The van der Waals surface area contributed by atoms with E-state index in [-0.39, 0.29) is 18.0 Å². The van der Waals surface area contributed by atoms with E-state index >= 15 is 0 Å². The number of hydrogen-bond donors (Lipinski definition) is 1. The highest BCUT2D eigenvalue weighted by Gasteiger charge is 2.21. The maximum Gasteiger partial charge on any atom is 0.312 e. The topological polar surface area (TPSA) is 108 Å². The molecule has 0 aliphatic rings. The Balaban J connectivity index is 1.89. The quantitative estimate of drug-likeness (QED) is 0.628. The lowest BCUT2D eigenvalue weighted by Gasteiger charge is -2.05. The standard InChI is InChI=1S/C13H18N6O3/c1-9-13(19(21)22)10(2)18(16-9)5-4-12(20)14-6-11-7-15-17(3)8-11/h7-8H,4-6H2,1-3H3,(H,14,20). The van der Waals surface area contributed by atoms with Gasteiger partial charge in [-0.05, 0) is 13.8 Å². The van der Waals surface area contributed by atoms with Crippen LogP contribution in [0.15, 0.2) is 12.4 Å². The fraction of sp³-hybridized carbons (Fsp3) is 0.462. The molecule has 0 unspecified atom stereocenters. The summed E-state index contributed by atoms with van der Waals surface area (Å²) in [5, 5.41) is 21.8. The van der Waals surface area contributed by atoms with Gasteiger partial charge in [0.1, 0.15) is 11.4 Å². The van der Waals surface area contributed by atoms with E-state index in [2.05, 4.69) is 15.5 Å². The van der Waals surface area contributed by atoms with E-state index in [0.717, 1.165) is 5.56 Å². The Morgan fingerprint density at radius 3 is 2.73 bits per heavy atom. The van der Waals surface area contributed by atoms with Gasteiger partial charge in [-0.2, -0.15) is 10.2 Å². The highest BCUT2D eigenvalue weighted by molar-refractivity contribution is 5.75. The molecule has 0 aromatic carbocycles. The number of aromatic nitrogens is 4. The summed E-state index contributed by atoms with van der Waals surface area (Å²) in [5.41, 5.74) is 1.74. The lowest BCUT2D eigenvalue weighted by atomic mass is 10.3. The van der Waals surface area contributed by atoms with Gasteiger partial charge in [-0.3, -0.25) is 24.3 Å². The molecular weight excluding hydrogens is 288 g/mol. The van der Waals surface area contributed by atoms with Gasteiger partial charge in [-0.1, -0.05) is 0 Å². The SMILES string of the molecule is Cc1nn(CCC(=O)NCc2cnn(C)c2)c(C)c1[N+](=O)[O-]. The number of nitro groups is 1. The van der Waals surface area contributed by atoms with Gasteiger partial charge in [0.15, 0.2) is 0 Å². The van der Waals surface area contributed by atoms with E-state index < -0.39 is 4.92 Å². The molecule has 0 saturated carbocycles. The van der Waals surface area contributed by atoms with Gasteiger partial charge in [0, 0.05) is 31.8 Å². The van der Waals surface area contributed by atoms with Crippen molar-refractivity contribution in [3.05, 3.63) is 39.5 Å². The Morgan fingerprint density at radius 1 is 1.45 bits per heavy atom. The number of amides is 1. The van der Waals surface area contributed by atoms with Crippen molar-refractivity contribution >= 4 is 11.6 Å². The van der Waals surface area contributed by atoms with Gasteiger partial charge in [0.2, 0.25) is 5.91 Å². The highest BCUT2D eigenvalue weighted by atomic mass is 16.6. The minimum atomic E-state index is -0.448. The molecule has 2 rings (SSSR count). The van der Waals surface area contributed by atoms with Gasteiger partial charge in [0.05, 0.1) is 17.7 Å². The summed E-state index contributed by atoms with van der Waals surface area (Å²) in [6, 6.07) is 0. The Labute approximate surface area is 127 Å². The predicted molar refractivity (Wildman–Crippen MR) is 78.0 cm³/mol. The molecule has 0 bridgehead atoms. The van der Waals surface area contributed by atoms with Crippen LogP contribution < -0.4 is 5.32 Å². The van der Waals surface area contributed by atoms with Crippen molar-refractivity contribution in [2.24, 2.45) is 7.05 Å². The van der Waals surface area contributed by atoms with Crippen molar-refractivity contribution in [1.82, 2.24) is 24.9 Å². The molecule has 0 aliphatic heterocycles. The molecule has 0 radical (unpaired) electrons. The average Bonchev–Trinajstić information content (AvgIpc) is 2.97. The van der Waals surface area contributed by atoms with E-state index in [1.54, 1.807) is 31.8 Å². The van der Waals surface area contributed by atoms with Crippen LogP contribution in [0.25, 0.3) is 0 Å². The second-order valence-electron chi connectivity index (χ2n) is 5.05. The molecule has 0 saturated heterocycles. The smallest absolute Gasteiger partial charge is 0.312 e. The van der Waals surface area contributed by atoms with Gasteiger partial charge in [0.25, 0.3) is 0 Å². The molecule has 0 fully saturated rings. The lowest BCUT2D eigenvalue weighted by Crippen LogP contribution is -2.24. The van der Waals surface area contributed by atoms with Gasteiger partial charge < -0.3 is 5.32 Å². The third kappa shape index (κ3) is 3.48. The summed E-state index contributed by atoms with van der Waals surface area (Å²) in [7, 11) is 1.81. The fourth-order valence-corrected chi connectivity index (χ4v) is 2.23. The summed E-state index contributed by atoms with van der Waals surface area (Å²) in [6.07, 6.45) is 3.72. The number of nitrogens with zero attached hydrogens (tertiary/aromatic N) is 5. The van der Waals surface area contributed by atoms with Crippen molar-refractivity contribution in [2.45, 2.75) is 33.4 Å². The number of nitrogens with one attached hydrogen (secondary N) is 1. The Morgan fingerprint density at radius 2 is 2.18 bits per heavy atom. The first-order valence-corrected chi connectivity index (χ1v) is 6.81. The molecule has 1 N–H and O–H groups in total. The van der Waals surface area contributed by atoms with Crippen LogP contribution in [0.5, 0.6) is 0 Å². The van der Waals surface area contributed by atoms with Crippen molar-refractivity contribution < 1.29 is 9.72 Å². The van der Waals surface area contributed by atoms with E-state index in [1.165, 1.54) is 4.68 Å². The fourth-order valence-electron chi connectivity index (χ4n) is 2.23. The Kier molecular flexibility index (Phi) is 4.54. The maximum atomic E-state index is 11.8. The predicted octanol–water partition coefficient (Wildman–Crippen LogP) is 0.848. The Bertz CT molecular complexity index is 703. The lowest BCUT2D eigenvalue weighted by molar-refractivity contribution is -0.386. The summed E-state index contributed by atoms with van der Waals surface area (Å²) >= 11 is 0. The molecule has 0 atom stereocenters. The van der Waals surface area contributed by atoms with Crippen LogP contribution in [0.3, 0.4) is 0 Å². The van der Waals surface area contributed by atoms with Crippen LogP contribution in [0.1, 0.15) is 23.4 Å². The van der Waals surface area contributed by atoms with Crippen LogP contribution in [0.2, 0.25) is 0 Å². The number of rotatable bonds is 6. The van der Waals surface area contributed by atoms with E-state index in [4.69, 9.17) is 0 Å². The third-order valence-corrected chi connectivity index (χ3v) is 3.32. The van der Waals surface area contributed by atoms with Crippen LogP contribution >= 0.6 is 0 Å². The molecule has 118 valence electrons. The second kappa shape index (κ2) is 6.37. The average molecular weight is 306 g/mol. The van der Waals surface area contributed by atoms with Gasteiger partial charge in [-0.25, -0.2) is 0 Å². The summed E-state index contributed by atoms with van der Waals surface area (Å²) in [4.78, 5) is 22.3. The minimum Gasteiger partial charge on any atom is -0.352 e. The van der Waals surface area contributed by atoms with E-state index in [9.17, 15) is 14.9 Å². The first kappa shape index (κ1) is 15.7. The highest BCUT2D eigenvalue weighted by Crippen LogP contribution is 2.21. The molecule has 0 spiro atoms. The molecule has 1 amide bonds. The summed E-state index contributed by atoms with van der Waals surface area (Å²) < 4.78 is 3.16. The van der Waals surface area contributed by atoms with Crippen molar-refractivity contribution in [3.8, 4) is 0 Å². The monoisotopic (exact) mass is 306 g/mol. The minimum absolute atomic E-state index is 0.00997. The van der Waals surface area contributed by atoms with Crippen molar-refractivity contribution in [3.63, 3.8) is 0 Å². The molecule has 2 heterocycles. The summed E-state index contributed by atoms with van der Waals surface area (Å²) in [6.45, 7) is 3.93. The number of carbonyl (C=O) groups is 1. The van der Waals surface area contributed by atoms with Gasteiger partial charge >= 0.3 is 5.69 Å². The molecule has 2 aromatic heterocycles. The zero-order valence-electron chi connectivity index (χ0n) is 12.7. The molecule has 9 nitrogen and oxygen atoms in total. The maximum absolute atomic E-state index is 11.8. The molecular formula is C13H18N6O3. The number of aryl methyl sites for hydroxylation is 3. The Hall–Kier alpha value is -2.71.